The van der Waals surface area contributed by atoms with Crippen molar-refractivity contribution in [2.24, 2.45) is 11.3 Å². The number of nitrogens with zero attached hydrogens (tertiary/aromatic N) is 1. The van der Waals surface area contributed by atoms with Gasteiger partial charge in [-0.3, -0.25) is 4.90 Å². The van der Waals surface area contributed by atoms with Crippen LogP contribution in [0.2, 0.25) is 0 Å². The standard InChI is InChI=1S/C22H35NO/c1-5-22(13-16-24-21(3,4)17-22)20-11-14-23(15-12-20)18(2)19-9-7-6-8-10-19/h6-10,18,20H,5,11-17H2,1-4H3. The quantitative estimate of drug-likeness (QED) is 0.729. The summed E-state index contributed by atoms with van der Waals surface area (Å²) in [6, 6.07) is 11.5. The monoisotopic (exact) mass is 329 g/mol. The third kappa shape index (κ3) is 3.70. The lowest BCUT2D eigenvalue weighted by Gasteiger charge is -2.51. The number of likely N-dealkylation sites (tertiary alicyclic amines) is 1. The van der Waals surface area contributed by atoms with Crippen molar-refractivity contribution in [1.82, 2.24) is 4.90 Å². The van der Waals surface area contributed by atoms with E-state index in [1.165, 1.54) is 50.8 Å². The van der Waals surface area contributed by atoms with Crippen LogP contribution in [-0.2, 0) is 4.74 Å². The van der Waals surface area contributed by atoms with Gasteiger partial charge in [0.05, 0.1) is 5.60 Å². The van der Waals surface area contributed by atoms with Crippen molar-refractivity contribution >= 4 is 0 Å². The Bertz CT molecular complexity index is 518. The fourth-order valence-corrected chi connectivity index (χ4v) is 5.30. The van der Waals surface area contributed by atoms with Crippen molar-refractivity contribution < 1.29 is 4.74 Å². The molecule has 1 aromatic carbocycles. The van der Waals surface area contributed by atoms with Crippen LogP contribution in [0.4, 0.5) is 0 Å². The van der Waals surface area contributed by atoms with E-state index in [4.69, 9.17) is 4.74 Å². The lowest BCUT2D eigenvalue weighted by atomic mass is 9.61. The maximum absolute atomic E-state index is 6.02. The van der Waals surface area contributed by atoms with Gasteiger partial charge in [0.15, 0.2) is 0 Å². The van der Waals surface area contributed by atoms with E-state index in [1.54, 1.807) is 0 Å². The summed E-state index contributed by atoms with van der Waals surface area (Å²) in [6.07, 6.45) is 6.49. The molecule has 0 aromatic heterocycles. The Hall–Kier alpha value is -0.860. The van der Waals surface area contributed by atoms with Gasteiger partial charge < -0.3 is 4.74 Å². The van der Waals surface area contributed by atoms with Gasteiger partial charge in [-0.05, 0) is 76.4 Å². The van der Waals surface area contributed by atoms with Gasteiger partial charge in [0.1, 0.15) is 0 Å². The predicted octanol–water partition coefficient (Wildman–Crippen LogP) is 5.45. The molecule has 0 amide bonds. The van der Waals surface area contributed by atoms with Crippen molar-refractivity contribution in [2.45, 2.75) is 71.4 Å². The minimum Gasteiger partial charge on any atom is -0.376 e. The Kier molecular flexibility index (Phi) is 5.36. The Morgan fingerprint density at radius 2 is 1.83 bits per heavy atom. The second-order valence-electron chi connectivity index (χ2n) is 8.65. The van der Waals surface area contributed by atoms with Crippen molar-refractivity contribution in [3.8, 4) is 0 Å². The second-order valence-corrected chi connectivity index (χ2v) is 8.65. The second kappa shape index (κ2) is 7.17. The molecule has 1 aromatic rings. The Labute approximate surface area is 148 Å². The molecule has 2 unspecified atom stereocenters. The Morgan fingerprint density at radius 3 is 2.42 bits per heavy atom. The SMILES string of the molecule is CCC1(C2CCN(C(C)c3ccccc3)CC2)CCOC(C)(C)C1. The molecule has 0 spiro atoms. The number of rotatable bonds is 4. The maximum Gasteiger partial charge on any atom is 0.0631 e. The normalized spacial score (nSPS) is 30.2. The third-order valence-electron chi connectivity index (χ3n) is 6.80. The fraction of sp³-hybridized carbons (Fsp3) is 0.727. The smallest absolute Gasteiger partial charge is 0.0631 e. The predicted molar refractivity (Wildman–Crippen MR) is 101 cm³/mol. The first-order valence-electron chi connectivity index (χ1n) is 9.89. The Morgan fingerprint density at radius 1 is 1.17 bits per heavy atom. The lowest BCUT2D eigenvalue weighted by molar-refractivity contribution is -0.131. The van der Waals surface area contributed by atoms with Crippen molar-refractivity contribution in [3.63, 3.8) is 0 Å². The first kappa shape index (κ1) is 17.9. The highest BCUT2D eigenvalue weighted by atomic mass is 16.5. The van der Waals surface area contributed by atoms with Crippen LogP contribution in [0, 0.1) is 11.3 Å². The summed E-state index contributed by atoms with van der Waals surface area (Å²) in [4.78, 5) is 2.68. The minimum atomic E-state index is 0.0583. The maximum atomic E-state index is 6.02. The Balaban J connectivity index is 1.64. The van der Waals surface area contributed by atoms with Crippen molar-refractivity contribution in [1.29, 1.82) is 0 Å². The van der Waals surface area contributed by atoms with Crippen molar-refractivity contribution in [2.75, 3.05) is 19.7 Å². The van der Waals surface area contributed by atoms with Crippen LogP contribution in [0.15, 0.2) is 30.3 Å². The van der Waals surface area contributed by atoms with Gasteiger partial charge >= 0.3 is 0 Å². The molecule has 2 heteroatoms. The molecule has 24 heavy (non-hydrogen) atoms. The van der Waals surface area contributed by atoms with Gasteiger partial charge in [-0.1, -0.05) is 43.7 Å². The number of hydrogen-bond donors (Lipinski definition) is 0. The van der Waals surface area contributed by atoms with Gasteiger partial charge in [-0.2, -0.15) is 0 Å². The van der Waals surface area contributed by atoms with Crippen molar-refractivity contribution in [3.05, 3.63) is 35.9 Å². The topological polar surface area (TPSA) is 12.5 Å². The first-order chi connectivity index (χ1) is 11.5. The zero-order valence-corrected chi connectivity index (χ0v) is 16.1. The molecule has 2 fully saturated rings. The van der Waals surface area contributed by atoms with E-state index >= 15 is 0 Å². The number of piperidine rings is 1. The van der Waals surface area contributed by atoms with Gasteiger partial charge in [-0.25, -0.2) is 0 Å². The van der Waals surface area contributed by atoms with Crippen LogP contribution in [0.1, 0.15) is 71.4 Å². The molecular weight excluding hydrogens is 294 g/mol. The highest BCUT2D eigenvalue weighted by Gasteiger charge is 2.45. The van der Waals surface area contributed by atoms with E-state index in [1.807, 2.05) is 0 Å². The summed E-state index contributed by atoms with van der Waals surface area (Å²) in [6.45, 7) is 12.8. The van der Waals surface area contributed by atoms with E-state index in [0.29, 0.717) is 11.5 Å². The highest BCUT2D eigenvalue weighted by molar-refractivity contribution is 5.18. The number of benzene rings is 1. The zero-order valence-electron chi connectivity index (χ0n) is 16.1. The minimum absolute atomic E-state index is 0.0583. The highest BCUT2D eigenvalue weighted by Crippen LogP contribution is 2.50. The summed E-state index contributed by atoms with van der Waals surface area (Å²) in [5, 5.41) is 0. The van der Waals surface area contributed by atoms with E-state index in [9.17, 15) is 0 Å². The molecule has 2 atom stereocenters. The lowest BCUT2D eigenvalue weighted by Crippen LogP contribution is -2.48. The molecule has 2 saturated heterocycles. The van der Waals surface area contributed by atoms with Gasteiger partial charge in [0.25, 0.3) is 0 Å². The van der Waals surface area contributed by atoms with Crippen LogP contribution < -0.4 is 0 Å². The molecule has 0 saturated carbocycles. The molecule has 2 aliphatic rings. The largest absolute Gasteiger partial charge is 0.376 e. The molecule has 2 nitrogen and oxygen atoms in total. The van der Waals surface area contributed by atoms with E-state index in [2.05, 4.69) is 62.9 Å². The van der Waals surface area contributed by atoms with E-state index in [0.717, 1.165) is 12.5 Å². The molecule has 3 rings (SSSR count). The number of hydrogen-bond acceptors (Lipinski definition) is 2. The molecule has 2 heterocycles. The summed E-state index contributed by atoms with van der Waals surface area (Å²) < 4.78 is 6.02. The molecule has 134 valence electrons. The summed E-state index contributed by atoms with van der Waals surface area (Å²) in [5.74, 6) is 0.866. The van der Waals surface area contributed by atoms with Crippen LogP contribution in [-0.4, -0.2) is 30.2 Å². The van der Waals surface area contributed by atoms with E-state index < -0.39 is 0 Å². The summed E-state index contributed by atoms with van der Waals surface area (Å²) in [7, 11) is 0. The molecule has 0 aliphatic carbocycles. The fourth-order valence-electron chi connectivity index (χ4n) is 5.30. The number of ether oxygens (including phenoxy) is 1. The summed E-state index contributed by atoms with van der Waals surface area (Å²) >= 11 is 0. The molecule has 0 N–H and O–H groups in total. The average molecular weight is 330 g/mol. The van der Waals surface area contributed by atoms with Crippen LogP contribution in [0.5, 0.6) is 0 Å². The van der Waals surface area contributed by atoms with Gasteiger partial charge in [-0.15, -0.1) is 0 Å². The summed E-state index contributed by atoms with van der Waals surface area (Å²) in [5.41, 5.74) is 2.01. The third-order valence-corrected chi connectivity index (χ3v) is 6.80. The molecule has 0 radical (unpaired) electrons. The molecule has 0 bridgehead atoms. The first-order valence-corrected chi connectivity index (χ1v) is 9.89. The van der Waals surface area contributed by atoms with Crippen LogP contribution in [0.25, 0.3) is 0 Å². The zero-order chi connectivity index (χ0) is 17.2. The van der Waals surface area contributed by atoms with Gasteiger partial charge in [0, 0.05) is 12.6 Å². The van der Waals surface area contributed by atoms with Crippen LogP contribution >= 0.6 is 0 Å². The average Bonchev–Trinajstić information content (AvgIpc) is 2.61. The van der Waals surface area contributed by atoms with Gasteiger partial charge in [0.2, 0.25) is 0 Å². The molecular formula is C22H35NO. The van der Waals surface area contributed by atoms with Crippen LogP contribution in [0.3, 0.4) is 0 Å². The molecule has 2 aliphatic heterocycles. The van der Waals surface area contributed by atoms with E-state index in [-0.39, 0.29) is 5.60 Å².